The molecule has 0 fully saturated rings. The topological polar surface area (TPSA) is 58.6 Å². The van der Waals surface area contributed by atoms with Crippen LogP contribution in [0, 0.1) is 12.8 Å². The van der Waals surface area contributed by atoms with Crippen LogP contribution in [0.15, 0.2) is 6.07 Å². The first-order valence-electron chi connectivity index (χ1n) is 6.04. The smallest absolute Gasteiger partial charge is 0.265 e. The average Bonchev–Trinajstić information content (AvgIpc) is 2.66. The van der Waals surface area contributed by atoms with Gasteiger partial charge in [0.15, 0.2) is 0 Å². The third-order valence-electron chi connectivity index (χ3n) is 2.49. The van der Waals surface area contributed by atoms with E-state index in [0.29, 0.717) is 23.0 Å². The second-order valence-electron chi connectivity index (χ2n) is 4.75. The number of aliphatic hydroxyl groups excluding tert-OH is 1. The molecule has 2 N–H and O–H groups in total. The molecule has 1 rings (SSSR count). The van der Waals surface area contributed by atoms with Gasteiger partial charge in [0.1, 0.15) is 10.6 Å². The first-order valence-corrected chi connectivity index (χ1v) is 6.86. The minimum atomic E-state index is -0.499. The number of amides is 1. The number of rotatable bonds is 6. The minimum Gasteiger partial charge on any atom is -0.495 e. The van der Waals surface area contributed by atoms with E-state index in [-0.39, 0.29) is 12.5 Å². The van der Waals surface area contributed by atoms with Crippen molar-refractivity contribution in [2.24, 2.45) is 5.92 Å². The quantitative estimate of drug-likeness (QED) is 0.834. The fourth-order valence-electron chi connectivity index (χ4n) is 1.72. The fraction of sp³-hybridized carbons (Fsp3) is 0.615. The summed E-state index contributed by atoms with van der Waals surface area (Å²) < 4.78 is 5.15. The van der Waals surface area contributed by atoms with Crippen LogP contribution >= 0.6 is 11.3 Å². The molecular weight excluding hydrogens is 250 g/mol. The van der Waals surface area contributed by atoms with Gasteiger partial charge < -0.3 is 15.2 Å². The van der Waals surface area contributed by atoms with Gasteiger partial charge in [0.05, 0.1) is 13.2 Å². The molecule has 0 radical (unpaired) electrons. The second-order valence-corrected chi connectivity index (χ2v) is 6.00. The Labute approximate surface area is 112 Å². The maximum absolute atomic E-state index is 11.9. The first kappa shape index (κ1) is 15.0. The summed E-state index contributed by atoms with van der Waals surface area (Å²) in [5, 5.41) is 12.4. The number of ether oxygens (including phenoxy) is 1. The Hall–Kier alpha value is -1.07. The van der Waals surface area contributed by atoms with E-state index in [4.69, 9.17) is 4.74 Å². The number of methoxy groups -OCH3 is 1. The van der Waals surface area contributed by atoms with Crippen molar-refractivity contribution in [3.8, 4) is 5.75 Å². The van der Waals surface area contributed by atoms with Crippen molar-refractivity contribution < 1.29 is 14.6 Å². The van der Waals surface area contributed by atoms with E-state index >= 15 is 0 Å². The zero-order valence-electron chi connectivity index (χ0n) is 11.3. The van der Waals surface area contributed by atoms with E-state index in [1.807, 2.05) is 26.8 Å². The monoisotopic (exact) mass is 271 g/mol. The lowest BCUT2D eigenvalue weighted by atomic mass is 10.1. The molecule has 1 aromatic heterocycles. The molecule has 0 aliphatic carbocycles. The summed E-state index contributed by atoms with van der Waals surface area (Å²) in [6.45, 7) is 6.28. The van der Waals surface area contributed by atoms with Crippen molar-refractivity contribution in [2.75, 3.05) is 13.7 Å². The highest BCUT2D eigenvalue weighted by Gasteiger charge is 2.16. The maximum atomic E-state index is 11.9. The summed E-state index contributed by atoms with van der Waals surface area (Å²) in [4.78, 5) is 13.5. The van der Waals surface area contributed by atoms with E-state index in [1.165, 1.54) is 11.3 Å². The van der Waals surface area contributed by atoms with Gasteiger partial charge in [0.2, 0.25) is 0 Å². The van der Waals surface area contributed by atoms with Crippen molar-refractivity contribution in [1.82, 2.24) is 5.32 Å². The Morgan fingerprint density at radius 3 is 2.78 bits per heavy atom. The number of aryl methyl sites for hydroxylation is 1. The number of thiophene rings is 1. The van der Waals surface area contributed by atoms with Gasteiger partial charge in [-0.1, -0.05) is 13.8 Å². The summed E-state index contributed by atoms with van der Waals surface area (Å²) in [6, 6.07) is 1.84. The molecule has 18 heavy (non-hydrogen) atoms. The summed E-state index contributed by atoms with van der Waals surface area (Å²) in [5.41, 5.74) is 0. The molecule has 0 aliphatic rings. The zero-order chi connectivity index (χ0) is 13.7. The lowest BCUT2D eigenvalue weighted by Crippen LogP contribution is -2.32. The summed E-state index contributed by atoms with van der Waals surface area (Å²) >= 11 is 1.39. The van der Waals surface area contributed by atoms with Crippen molar-refractivity contribution in [3.63, 3.8) is 0 Å². The lowest BCUT2D eigenvalue weighted by Gasteiger charge is -2.13. The number of hydrogen-bond donors (Lipinski definition) is 2. The molecule has 1 unspecified atom stereocenters. The number of nitrogens with one attached hydrogen (secondary N) is 1. The second kappa shape index (κ2) is 6.75. The van der Waals surface area contributed by atoms with Crippen molar-refractivity contribution in [3.05, 3.63) is 15.8 Å². The predicted octanol–water partition coefficient (Wildman–Crippen LogP) is 2.20. The molecule has 1 atom stereocenters. The maximum Gasteiger partial charge on any atom is 0.265 e. The molecule has 102 valence electrons. The molecule has 0 saturated carbocycles. The van der Waals surface area contributed by atoms with Crippen molar-refractivity contribution in [1.29, 1.82) is 0 Å². The fourth-order valence-corrected chi connectivity index (χ4v) is 2.61. The van der Waals surface area contributed by atoms with Crippen LogP contribution < -0.4 is 10.1 Å². The van der Waals surface area contributed by atoms with E-state index in [9.17, 15) is 9.90 Å². The Kier molecular flexibility index (Phi) is 5.62. The van der Waals surface area contributed by atoms with E-state index in [0.717, 1.165) is 4.88 Å². The Balaban J connectivity index is 2.54. The first-order chi connectivity index (χ1) is 8.43. The summed E-state index contributed by atoms with van der Waals surface area (Å²) in [7, 11) is 1.55. The molecule has 0 saturated heterocycles. The van der Waals surface area contributed by atoms with Crippen LogP contribution in [0.1, 0.15) is 34.8 Å². The molecule has 5 heteroatoms. The van der Waals surface area contributed by atoms with Gasteiger partial charge in [0, 0.05) is 11.4 Å². The summed E-state index contributed by atoms with van der Waals surface area (Å²) in [5.74, 6) is 0.816. The number of carbonyl (C=O) groups is 1. The Bertz CT molecular complexity index is 401. The Morgan fingerprint density at radius 1 is 1.56 bits per heavy atom. The standard InChI is InChI=1S/C13H21NO3S/c1-8(2)5-10(15)7-14-13(16)12-11(17-4)6-9(3)18-12/h6,8,10,15H,5,7H2,1-4H3,(H,14,16). The lowest BCUT2D eigenvalue weighted by molar-refractivity contribution is 0.0901. The van der Waals surface area contributed by atoms with Gasteiger partial charge in [-0.3, -0.25) is 4.79 Å². The number of carbonyl (C=O) groups excluding carboxylic acids is 1. The molecule has 1 aromatic rings. The summed E-state index contributed by atoms with van der Waals surface area (Å²) in [6.07, 6.45) is 0.182. The normalized spacial score (nSPS) is 12.6. The highest BCUT2D eigenvalue weighted by molar-refractivity contribution is 7.14. The van der Waals surface area contributed by atoms with Gasteiger partial charge in [0.25, 0.3) is 5.91 Å². The van der Waals surface area contributed by atoms with Crippen LogP contribution in [-0.2, 0) is 0 Å². The Morgan fingerprint density at radius 2 is 2.22 bits per heavy atom. The number of hydrogen-bond acceptors (Lipinski definition) is 4. The van der Waals surface area contributed by atoms with Gasteiger partial charge in [-0.15, -0.1) is 11.3 Å². The number of aliphatic hydroxyl groups is 1. The molecule has 0 spiro atoms. The van der Waals surface area contributed by atoms with E-state index in [2.05, 4.69) is 5.32 Å². The van der Waals surface area contributed by atoms with Crippen LogP contribution in [0.4, 0.5) is 0 Å². The van der Waals surface area contributed by atoms with Crippen LogP contribution in [-0.4, -0.2) is 30.8 Å². The predicted molar refractivity (Wildman–Crippen MR) is 73.4 cm³/mol. The van der Waals surface area contributed by atoms with Crippen LogP contribution in [0.3, 0.4) is 0 Å². The SMILES string of the molecule is COc1cc(C)sc1C(=O)NCC(O)CC(C)C. The van der Waals surface area contributed by atoms with Gasteiger partial charge in [-0.25, -0.2) is 0 Å². The van der Waals surface area contributed by atoms with Crippen molar-refractivity contribution in [2.45, 2.75) is 33.3 Å². The van der Waals surface area contributed by atoms with Gasteiger partial charge >= 0.3 is 0 Å². The highest BCUT2D eigenvalue weighted by atomic mass is 32.1. The van der Waals surface area contributed by atoms with Gasteiger partial charge in [-0.05, 0) is 25.3 Å². The molecule has 1 heterocycles. The third kappa shape index (κ3) is 4.31. The van der Waals surface area contributed by atoms with Crippen LogP contribution in [0.25, 0.3) is 0 Å². The van der Waals surface area contributed by atoms with Gasteiger partial charge in [-0.2, -0.15) is 0 Å². The average molecular weight is 271 g/mol. The largest absolute Gasteiger partial charge is 0.495 e. The molecule has 0 aromatic carbocycles. The molecule has 1 amide bonds. The molecule has 0 bridgehead atoms. The zero-order valence-corrected chi connectivity index (χ0v) is 12.1. The molecule has 4 nitrogen and oxygen atoms in total. The van der Waals surface area contributed by atoms with E-state index < -0.39 is 6.10 Å². The highest BCUT2D eigenvalue weighted by Crippen LogP contribution is 2.28. The van der Waals surface area contributed by atoms with Crippen molar-refractivity contribution >= 4 is 17.2 Å². The van der Waals surface area contributed by atoms with E-state index in [1.54, 1.807) is 7.11 Å². The molecular formula is C13H21NO3S. The minimum absolute atomic E-state index is 0.187. The van der Waals surface area contributed by atoms with Crippen LogP contribution in [0.2, 0.25) is 0 Å². The third-order valence-corrected chi connectivity index (χ3v) is 3.52. The molecule has 0 aliphatic heterocycles. The van der Waals surface area contributed by atoms with Crippen LogP contribution in [0.5, 0.6) is 5.75 Å².